The second-order valence-corrected chi connectivity index (χ2v) is 4.43. The Hall–Kier alpha value is -1.09. The molecule has 17 heavy (non-hydrogen) atoms. The van der Waals surface area contributed by atoms with Crippen LogP contribution in [0.25, 0.3) is 11.1 Å². The van der Waals surface area contributed by atoms with Gasteiger partial charge in [0.15, 0.2) is 0 Å². The third-order valence-corrected chi connectivity index (χ3v) is 3.02. The van der Waals surface area contributed by atoms with Crippen molar-refractivity contribution >= 4 is 23.2 Å². The van der Waals surface area contributed by atoms with Gasteiger partial charge in [-0.15, -0.1) is 0 Å². The summed E-state index contributed by atoms with van der Waals surface area (Å²) in [7, 11) is 0. The number of benzene rings is 2. The van der Waals surface area contributed by atoms with Gasteiger partial charge >= 0.3 is 0 Å². The summed E-state index contributed by atoms with van der Waals surface area (Å²) in [6.45, 7) is -0.349. The molecule has 1 N–H and O–H groups in total. The van der Waals surface area contributed by atoms with Crippen LogP contribution in [0.15, 0.2) is 36.4 Å². The van der Waals surface area contributed by atoms with E-state index in [1.165, 1.54) is 6.07 Å². The molecule has 1 nitrogen and oxygen atoms in total. The summed E-state index contributed by atoms with van der Waals surface area (Å²) in [4.78, 5) is 0. The highest BCUT2D eigenvalue weighted by Gasteiger charge is 2.08. The molecule has 2 rings (SSSR count). The van der Waals surface area contributed by atoms with Gasteiger partial charge in [0.2, 0.25) is 0 Å². The molecule has 0 saturated heterocycles. The van der Waals surface area contributed by atoms with E-state index in [-0.39, 0.29) is 12.2 Å². The molecule has 0 fully saturated rings. The van der Waals surface area contributed by atoms with Gasteiger partial charge in [-0.25, -0.2) is 4.39 Å². The van der Waals surface area contributed by atoms with Crippen molar-refractivity contribution in [1.82, 2.24) is 0 Å². The Labute approximate surface area is 108 Å². The molecular weight excluding hydrogens is 262 g/mol. The lowest BCUT2D eigenvalue weighted by atomic mass is 10.0. The van der Waals surface area contributed by atoms with Crippen molar-refractivity contribution in [1.29, 1.82) is 0 Å². The molecule has 0 bridgehead atoms. The first-order valence-corrected chi connectivity index (χ1v) is 5.72. The second-order valence-electron chi connectivity index (χ2n) is 3.59. The predicted octanol–water partition coefficient (Wildman–Crippen LogP) is 4.29. The first-order chi connectivity index (χ1) is 8.11. The standard InChI is InChI=1S/C13H9Cl2FO/c14-10-2-3-12(15)11(6-10)8-1-4-13(16)9(5-8)7-17/h1-6,17H,7H2. The molecule has 2 aromatic carbocycles. The number of hydrogen-bond acceptors (Lipinski definition) is 1. The fraction of sp³-hybridized carbons (Fsp3) is 0.0769. The Morgan fingerprint density at radius 1 is 1.06 bits per heavy atom. The van der Waals surface area contributed by atoms with Crippen molar-refractivity contribution in [2.24, 2.45) is 0 Å². The lowest BCUT2D eigenvalue weighted by molar-refractivity contribution is 0.276. The summed E-state index contributed by atoms with van der Waals surface area (Å²) >= 11 is 11.9. The third kappa shape index (κ3) is 2.60. The fourth-order valence-corrected chi connectivity index (χ4v) is 1.98. The Balaban J connectivity index is 2.56. The van der Waals surface area contributed by atoms with Gasteiger partial charge in [-0.3, -0.25) is 0 Å². The van der Waals surface area contributed by atoms with Crippen molar-refractivity contribution in [3.05, 3.63) is 57.8 Å². The number of aliphatic hydroxyl groups is 1. The van der Waals surface area contributed by atoms with Crippen LogP contribution in [-0.4, -0.2) is 5.11 Å². The zero-order chi connectivity index (χ0) is 12.4. The van der Waals surface area contributed by atoms with E-state index in [0.717, 1.165) is 5.56 Å². The van der Waals surface area contributed by atoms with Crippen LogP contribution < -0.4 is 0 Å². The van der Waals surface area contributed by atoms with E-state index in [1.54, 1.807) is 30.3 Å². The lowest BCUT2D eigenvalue weighted by Gasteiger charge is -2.07. The molecule has 0 aliphatic carbocycles. The van der Waals surface area contributed by atoms with Gasteiger partial charge in [-0.1, -0.05) is 29.3 Å². The van der Waals surface area contributed by atoms with E-state index in [4.69, 9.17) is 28.3 Å². The van der Waals surface area contributed by atoms with Gasteiger partial charge in [0.1, 0.15) is 5.82 Å². The second kappa shape index (κ2) is 5.05. The van der Waals surface area contributed by atoms with E-state index < -0.39 is 5.82 Å². The molecule has 0 heterocycles. The highest BCUT2D eigenvalue weighted by molar-refractivity contribution is 6.35. The first kappa shape index (κ1) is 12.4. The van der Waals surface area contributed by atoms with Crippen molar-refractivity contribution in [3.63, 3.8) is 0 Å². The molecule has 0 saturated carbocycles. The molecule has 0 atom stereocenters. The van der Waals surface area contributed by atoms with Crippen LogP contribution in [0.4, 0.5) is 4.39 Å². The Morgan fingerprint density at radius 2 is 1.82 bits per heavy atom. The van der Waals surface area contributed by atoms with E-state index in [1.807, 2.05) is 0 Å². The maximum atomic E-state index is 13.2. The lowest BCUT2D eigenvalue weighted by Crippen LogP contribution is -1.91. The quantitative estimate of drug-likeness (QED) is 0.863. The topological polar surface area (TPSA) is 20.2 Å². The van der Waals surface area contributed by atoms with Gasteiger partial charge < -0.3 is 5.11 Å². The Bertz CT molecular complexity index is 555. The van der Waals surface area contributed by atoms with Crippen molar-refractivity contribution in [2.75, 3.05) is 0 Å². The van der Waals surface area contributed by atoms with Crippen molar-refractivity contribution in [2.45, 2.75) is 6.61 Å². The highest BCUT2D eigenvalue weighted by Crippen LogP contribution is 2.31. The monoisotopic (exact) mass is 270 g/mol. The minimum absolute atomic E-state index is 0.235. The third-order valence-electron chi connectivity index (χ3n) is 2.46. The minimum Gasteiger partial charge on any atom is -0.392 e. The van der Waals surface area contributed by atoms with Crippen LogP contribution in [0.5, 0.6) is 0 Å². The van der Waals surface area contributed by atoms with Gasteiger partial charge in [-0.05, 0) is 35.9 Å². The maximum Gasteiger partial charge on any atom is 0.128 e. The molecule has 0 aliphatic heterocycles. The van der Waals surface area contributed by atoms with E-state index >= 15 is 0 Å². The SMILES string of the molecule is OCc1cc(-c2cc(Cl)ccc2Cl)ccc1F. The summed E-state index contributed by atoms with van der Waals surface area (Å²) < 4.78 is 13.2. The summed E-state index contributed by atoms with van der Waals surface area (Å²) in [6.07, 6.45) is 0. The largest absolute Gasteiger partial charge is 0.392 e. The van der Waals surface area contributed by atoms with E-state index in [2.05, 4.69) is 0 Å². The van der Waals surface area contributed by atoms with Gasteiger partial charge in [0.25, 0.3) is 0 Å². The zero-order valence-corrected chi connectivity index (χ0v) is 10.3. The molecule has 0 amide bonds. The number of aliphatic hydroxyl groups excluding tert-OH is 1. The summed E-state index contributed by atoms with van der Waals surface area (Å²) in [5.41, 5.74) is 1.68. The normalized spacial score (nSPS) is 10.6. The Kier molecular flexibility index (Phi) is 3.67. The molecule has 0 aliphatic rings. The van der Waals surface area contributed by atoms with Crippen LogP contribution in [0, 0.1) is 5.82 Å². The van der Waals surface area contributed by atoms with Crippen molar-refractivity contribution < 1.29 is 9.50 Å². The molecule has 0 unspecified atom stereocenters. The van der Waals surface area contributed by atoms with Crippen molar-refractivity contribution in [3.8, 4) is 11.1 Å². The molecule has 2 aromatic rings. The number of halogens is 3. The molecule has 88 valence electrons. The van der Waals surface area contributed by atoms with Gasteiger partial charge in [0, 0.05) is 21.2 Å². The van der Waals surface area contributed by atoms with Crippen LogP contribution in [-0.2, 0) is 6.61 Å². The zero-order valence-electron chi connectivity index (χ0n) is 8.75. The average molecular weight is 271 g/mol. The molecule has 0 radical (unpaired) electrons. The van der Waals surface area contributed by atoms with Gasteiger partial charge in [0.05, 0.1) is 6.61 Å². The fourth-order valence-electron chi connectivity index (χ4n) is 1.58. The smallest absolute Gasteiger partial charge is 0.128 e. The minimum atomic E-state index is -0.436. The van der Waals surface area contributed by atoms with E-state index in [0.29, 0.717) is 15.6 Å². The first-order valence-electron chi connectivity index (χ1n) is 4.96. The van der Waals surface area contributed by atoms with E-state index in [9.17, 15) is 4.39 Å². The average Bonchev–Trinajstić information content (AvgIpc) is 2.33. The highest BCUT2D eigenvalue weighted by atomic mass is 35.5. The van der Waals surface area contributed by atoms with Crippen LogP contribution >= 0.6 is 23.2 Å². The van der Waals surface area contributed by atoms with Crippen LogP contribution in [0.2, 0.25) is 10.0 Å². The predicted molar refractivity (Wildman–Crippen MR) is 67.8 cm³/mol. The Morgan fingerprint density at radius 3 is 2.53 bits per heavy atom. The molecule has 0 aromatic heterocycles. The summed E-state index contributed by atoms with van der Waals surface area (Å²) in [6, 6.07) is 9.54. The summed E-state index contributed by atoms with van der Waals surface area (Å²) in [5, 5.41) is 10.1. The number of hydrogen-bond donors (Lipinski definition) is 1. The molecule has 4 heteroatoms. The van der Waals surface area contributed by atoms with Crippen LogP contribution in [0.1, 0.15) is 5.56 Å². The van der Waals surface area contributed by atoms with Crippen LogP contribution in [0.3, 0.4) is 0 Å². The maximum absolute atomic E-state index is 13.2. The molecule has 0 spiro atoms. The summed E-state index contributed by atoms with van der Waals surface area (Å²) in [5.74, 6) is -0.436. The molecular formula is C13H9Cl2FO. The number of rotatable bonds is 2. The van der Waals surface area contributed by atoms with Gasteiger partial charge in [-0.2, -0.15) is 0 Å².